The number of benzene rings is 9. The van der Waals surface area contributed by atoms with Gasteiger partial charge in [-0.1, -0.05) is 206 Å². The molecule has 0 spiro atoms. The first kappa shape index (κ1) is 33.8. The molecule has 0 N–H and O–H groups in total. The number of nitrogens with zero attached hydrogens (tertiary/aromatic N) is 3. The minimum atomic E-state index is -0.545. The normalized spacial score (nSPS) is 12.7. The lowest BCUT2D eigenvalue weighted by Crippen LogP contribution is -2.28. The molecular formula is C55H37N3. The van der Waals surface area contributed by atoms with Crippen LogP contribution in [0.15, 0.2) is 206 Å². The van der Waals surface area contributed by atoms with Gasteiger partial charge in [-0.25, -0.2) is 15.0 Å². The average molecular weight is 740 g/mol. The Morgan fingerprint density at radius 2 is 0.741 bits per heavy atom. The maximum atomic E-state index is 5.36. The molecule has 0 aliphatic heterocycles. The van der Waals surface area contributed by atoms with E-state index in [9.17, 15) is 0 Å². The van der Waals surface area contributed by atoms with Crippen molar-refractivity contribution in [1.29, 1.82) is 0 Å². The van der Waals surface area contributed by atoms with E-state index in [4.69, 9.17) is 15.0 Å². The number of aryl methyl sites for hydroxylation is 1. The van der Waals surface area contributed by atoms with E-state index < -0.39 is 5.41 Å². The highest BCUT2D eigenvalue weighted by molar-refractivity contribution is 6.21. The molecule has 3 heteroatoms. The molecule has 1 heterocycles. The molecule has 10 aromatic rings. The molecule has 272 valence electrons. The lowest BCUT2D eigenvalue weighted by Gasteiger charge is -2.34. The maximum Gasteiger partial charge on any atom is 0.165 e. The summed E-state index contributed by atoms with van der Waals surface area (Å²) >= 11 is 0. The number of hydrogen-bond acceptors (Lipinski definition) is 3. The molecule has 11 rings (SSSR count). The van der Waals surface area contributed by atoms with Crippen LogP contribution >= 0.6 is 0 Å². The molecule has 0 amide bonds. The number of aromatic nitrogens is 3. The summed E-state index contributed by atoms with van der Waals surface area (Å²) in [6.07, 6.45) is 0. The first-order valence-corrected chi connectivity index (χ1v) is 19.9. The maximum absolute atomic E-state index is 5.36. The summed E-state index contributed by atoms with van der Waals surface area (Å²) in [6.45, 7) is 2.20. The summed E-state index contributed by atoms with van der Waals surface area (Å²) in [7, 11) is 0. The number of fused-ring (bicyclic) bond motifs is 6. The van der Waals surface area contributed by atoms with Crippen molar-refractivity contribution < 1.29 is 0 Å². The molecule has 1 aliphatic rings. The van der Waals surface area contributed by atoms with Crippen LogP contribution in [0.3, 0.4) is 0 Å². The Bertz CT molecular complexity index is 3060. The Morgan fingerprint density at radius 1 is 0.328 bits per heavy atom. The lowest BCUT2D eigenvalue weighted by molar-refractivity contribution is 0.768. The smallest absolute Gasteiger partial charge is 0.165 e. The fraction of sp³-hybridized carbons (Fsp3) is 0.0364. The average Bonchev–Trinajstić information content (AvgIpc) is 3.59. The van der Waals surface area contributed by atoms with Crippen molar-refractivity contribution >= 4 is 21.5 Å². The minimum absolute atomic E-state index is 0.545. The molecule has 0 saturated carbocycles. The first-order valence-electron chi connectivity index (χ1n) is 19.9. The van der Waals surface area contributed by atoms with Gasteiger partial charge in [0.25, 0.3) is 0 Å². The van der Waals surface area contributed by atoms with Crippen molar-refractivity contribution in [1.82, 2.24) is 15.0 Å². The zero-order chi connectivity index (χ0) is 38.6. The summed E-state index contributed by atoms with van der Waals surface area (Å²) < 4.78 is 0. The highest BCUT2D eigenvalue weighted by atomic mass is 15.0. The molecule has 9 aromatic carbocycles. The lowest BCUT2D eigenvalue weighted by atomic mass is 9.67. The standard InChI is InChI=1S/C55H37N3/c1-36-30-32-44-45-33-31-39(35-49(45)55(48(44)34-36,40-22-10-4-11-23-40)41-24-12-5-13-25-41)50-46-28-16-14-26-42(46)43-27-15-17-29-47(43)51(50)54-57-52(37-18-6-2-7-19-37)56-53(58-54)38-20-8-3-9-21-38/h2-35H,1H3. The predicted molar refractivity (Wildman–Crippen MR) is 239 cm³/mol. The molecule has 0 bridgehead atoms. The summed E-state index contributed by atoms with van der Waals surface area (Å²) in [4.78, 5) is 15.8. The highest BCUT2D eigenvalue weighted by Gasteiger charge is 2.46. The van der Waals surface area contributed by atoms with Crippen LogP contribution in [0.4, 0.5) is 0 Å². The number of hydrogen-bond donors (Lipinski definition) is 0. The second-order valence-electron chi connectivity index (χ2n) is 15.2. The van der Waals surface area contributed by atoms with Gasteiger partial charge < -0.3 is 0 Å². The van der Waals surface area contributed by atoms with Crippen molar-refractivity contribution in [2.75, 3.05) is 0 Å². The van der Waals surface area contributed by atoms with Gasteiger partial charge in [0.15, 0.2) is 17.5 Å². The zero-order valence-electron chi connectivity index (χ0n) is 32.0. The molecule has 1 aliphatic carbocycles. The van der Waals surface area contributed by atoms with E-state index in [-0.39, 0.29) is 0 Å². The van der Waals surface area contributed by atoms with Gasteiger partial charge in [0.2, 0.25) is 0 Å². The van der Waals surface area contributed by atoms with E-state index in [2.05, 4.69) is 177 Å². The summed E-state index contributed by atoms with van der Waals surface area (Å²) in [5.74, 6) is 1.92. The third kappa shape index (κ3) is 5.24. The van der Waals surface area contributed by atoms with E-state index in [1.807, 2.05) is 36.4 Å². The molecule has 0 atom stereocenters. The Labute approximate surface area is 338 Å². The number of rotatable bonds is 6. The van der Waals surface area contributed by atoms with E-state index >= 15 is 0 Å². The van der Waals surface area contributed by atoms with Crippen molar-refractivity contribution in [2.45, 2.75) is 12.3 Å². The minimum Gasteiger partial charge on any atom is -0.208 e. The van der Waals surface area contributed by atoms with Crippen LogP contribution in [0.2, 0.25) is 0 Å². The van der Waals surface area contributed by atoms with E-state index in [0.717, 1.165) is 44.0 Å². The quantitative estimate of drug-likeness (QED) is 0.159. The van der Waals surface area contributed by atoms with Crippen LogP contribution < -0.4 is 0 Å². The molecule has 3 nitrogen and oxygen atoms in total. The van der Waals surface area contributed by atoms with Gasteiger partial charge in [-0.2, -0.15) is 0 Å². The van der Waals surface area contributed by atoms with Gasteiger partial charge in [0.05, 0.1) is 5.41 Å². The van der Waals surface area contributed by atoms with Crippen molar-refractivity contribution in [2.24, 2.45) is 0 Å². The van der Waals surface area contributed by atoms with Crippen LogP contribution in [-0.2, 0) is 5.41 Å². The Hall–Kier alpha value is -7.49. The van der Waals surface area contributed by atoms with Gasteiger partial charge in [-0.3, -0.25) is 0 Å². The second-order valence-corrected chi connectivity index (χ2v) is 15.2. The molecular weight excluding hydrogens is 703 g/mol. The second kappa shape index (κ2) is 13.6. The van der Waals surface area contributed by atoms with E-state index in [1.54, 1.807) is 0 Å². The van der Waals surface area contributed by atoms with Gasteiger partial charge in [-0.15, -0.1) is 0 Å². The van der Waals surface area contributed by atoms with Crippen LogP contribution in [0.1, 0.15) is 27.8 Å². The summed E-state index contributed by atoms with van der Waals surface area (Å²) in [5.41, 5.74) is 13.3. The Morgan fingerprint density at radius 3 is 1.28 bits per heavy atom. The van der Waals surface area contributed by atoms with Crippen LogP contribution in [-0.4, -0.2) is 15.0 Å². The van der Waals surface area contributed by atoms with Crippen LogP contribution in [0.25, 0.3) is 78.0 Å². The predicted octanol–water partition coefficient (Wildman–Crippen LogP) is 13.5. The largest absolute Gasteiger partial charge is 0.208 e. The monoisotopic (exact) mass is 739 g/mol. The van der Waals surface area contributed by atoms with Crippen molar-refractivity contribution in [3.63, 3.8) is 0 Å². The van der Waals surface area contributed by atoms with Gasteiger partial charge in [0, 0.05) is 22.3 Å². The third-order valence-electron chi connectivity index (χ3n) is 11.9. The van der Waals surface area contributed by atoms with Crippen LogP contribution in [0.5, 0.6) is 0 Å². The summed E-state index contributed by atoms with van der Waals surface area (Å²) in [6, 6.07) is 74.1. The van der Waals surface area contributed by atoms with Gasteiger partial charge in [-0.05, 0) is 73.5 Å². The molecule has 58 heavy (non-hydrogen) atoms. The van der Waals surface area contributed by atoms with E-state index in [0.29, 0.717) is 17.5 Å². The van der Waals surface area contributed by atoms with Gasteiger partial charge >= 0.3 is 0 Å². The van der Waals surface area contributed by atoms with Gasteiger partial charge in [0.1, 0.15) is 0 Å². The topological polar surface area (TPSA) is 38.7 Å². The van der Waals surface area contributed by atoms with Crippen molar-refractivity contribution in [3.05, 3.63) is 234 Å². The fourth-order valence-electron chi connectivity index (χ4n) is 9.35. The first-order chi connectivity index (χ1) is 28.7. The Balaban J connectivity index is 1.27. The van der Waals surface area contributed by atoms with Crippen LogP contribution in [0, 0.1) is 6.92 Å². The fourth-order valence-corrected chi connectivity index (χ4v) is 9.35. The molecule has 1 aromatic heterocycles. The van der Waals surface area contributed by atoms with E-state index in [1.165, 1.54) is 44.3 Å². The molecule has 0 fully saturated rings. The molecule has 0 saturated heterocycles. The van der Waals surface area contributed by atoms with Crippen molar-refractivity contribution in [3.8, 4) is 56.4 Å². The SMILES string of the molecule is Cc1ccc2c(c1)C(c1ccccc1)(c1ccccc1)c1cc(-c3c(-c4nc(-c5ccccc5)nc(-c5ccccc5)n4)c4ccccc4c4ccccc34)ccc1-2. The molecule has 0 radical (unpaired) electrons. The highest BCUT2D eigenvalue weighted by Crippen LogP contribution is 2.57. The Kier molecular flexibility index (Phi) is 7.94. The molecule has 0 unspecified atom stereocenters. The zero-order valence-corrected chi connectivity index (χ0v) is 32.0. The third-order valence-corrected chi connectivity index (χ3v) is 11.9. The summed E-state index contributed by atoms with van der Waals surface area (Å²) in [5, 5.41) is 4.59.